The third-order valence-electron chi connectivity index (χ3n) is 5.27. The summed E-state index contributed by atoms with van der Waals surface area (Å²) in [4.78, 5) is 8.08. The molecule has 0 saturated heterocycles. The summed E-state index contributed by atoms with van der Waals surface area (Å²) in [6.07, 6.45) is -0.432. The first-order valence-electron chi connectivity index (χ1n) is 9.44. The number of thiazole rings is 1. The van der Waals surface area contributed by atoms with E-state index >= 15 is 0 Å². The maximum Gasteiger partial charge on any atom is 0.433 e. The van der Waals surface area contributed by atoms with Gasteiger partial charge in [0.15, 0.2) is 5.13 Å². The van der Waals surface area contributed by atoms with Crippen molar-refractivity contribution < 1.29 is 18.3 Å². The van der Waals surface area contributed by atoms with Gasteiger partial charge < -0.3 is 16.2 Å². The van der Waals surface area contributed by atoms with Gasteiger partial charge in [0.05, 0.1) is 15.8 Å². The van der Waals surface area contributed by atoms with Crippen molar-refractivity contribution in [3.63, 3.8) is 0 Å². The van der Waals surface area contributed by atoms with Gasteiger partial charge in [0.1, 0.15) is 11.5 Å². The second-order valence-electron chi connectivity index (χ2n) is 7.46. The molecule has 4 rings (SSSR count). The predicted octanol–water partition coefficient (Wildman–Crippen LogP) is 5.07. The molecule has 0 unspecified atom stereocenters. The number of pyridine rings is 1. The summed E-state index contributed by atoms with van der Waals surface area (Å²) in [5.41, 5.74) is 5.73. The molecule has 29 heavy (non-hydrogen) atoms. The van der Waals surface area contributed by atoms with E-state index in [1.165, 1.54) is 17.4 Å². The zero-order valence-electron chi connectivity index (χ0n) is 15.6. The molecule has 1 aromatic carbocycles. The van der Waals surface area contributed by atoms with Crippen LogP contribution in [-0.4, -0.2) is 27.2 Å². The molecule has 0 amide bonds. The molecule has 3 aromatic rings. The lowest BCUT2D eigenvalue weighted by atomic mass is 9.85. The smallest absolute Gasteiger partial charge is 0.388 e. The minimum absolute atomic E-state index is 0.0985. The van der Waals surface area contributed by atoms with Crippen LogP contribution in [0.4, 0.5) is 24.1 Å². The Hall–Kier alpha value is -2.39. The molecular formula is C20H21F3N4OS. The lowest BCUT2D eigenvalue weighted by molar-refractivity contribution is -0.141. The maximum absolute atomic E-state index is 13.2. The van der Waals surface area contributed by atoms with Gasteiger partial charge in [-0.2, -0.15) is 13.2 Å². The molecule has 1 aliphatic rings. The lowest BCUT2D eigenvalue weighted by Crippen LogP contribution is -2.39. The van der Waals surface area contributed by atoms with Crippen LogP contribution in [0.2, 0.25) is 0 Å². The van der Waals surface area contributed by atoms with Crippen molar-refractivity contribution in [2.24, 2.45) is 0 Å². The molecule has 1 aliphatic carbocycles. The van der Waals surface area contributed by atoms with Gasteiger partial charge in [-0.15, -0.1) is 0 Å². The summed E-state index contributed by atoms with van der Waals surface area (Å²) in [5, 5.41) is 14.1. The molecule has 5 nitrogen and oxygen atoms in total. The zero-order valence-corrected chi connectivity index (χ0v) is 16.4. The van der Waals surface area contributed by atoms with Crippen LogP contribution in [0.15, 0.2) is 30.3 Å². The number of aromatic nitrogens is 2. The number of halogens is 3. The van der Waals surface area contributed by atoms with E-state index in [0.717, 1.165) is 30.0 Å². The summed E-state index contributed by atoms with van der Waals surface area (Å²) < 4.78 is 40.6. The Labute approximate surface area is 169 Å². The summed E-state index contributed by atoms with van der Waals surface area (Å²) in [6, 6.07) is 7.81. The minimum atomic E-state index is -4.55. The minimum Gasteiger partial charge on any atom is -0.388 e. The van der Waals surface area contributed by atoms with Crippen LogP contribution in [0.25, 0.3) is 21.3 Å². The predicted molar refractivity (Wildman–Crippen MR) is 109 cm³/mol. The molecule has 2 heterocycles. The number of alkyl halides is 3. The largest absolute Gasteiger partial charge is 0.433 e. The average molecular weight is 422 g/mol. The molecule has 1 saturated carbocycles. The second kappa shape index (κ2) is 7.46. The average Bonchev–Trinajstić information content (AvgIpc) is 3.05. The number of nitrogens with two attached hydrogens (primary N) is 1. The Morgan fingerprint density at radius 2 is 1.86 bits per heavy atom. The number of anilines is 2. The fraction of sp³-hybridized carbons (Fsp3) is 0.400. The molecule has 2 aromatic heterocycles. The van der Waals surface area contributed by atoms with Gasteiger partial charge in [-0.25, -0.2) is 9.97 Å². The first-order chi connectivity index (χ1) is 13.7. The van der Waals surface area contributed by atoms with Gasteiger partial charge >= 0.3 is 6.18 Å². The third-order valence-corrected chi connectivity index (χ3v) is 6.14. The number of hydrogen-bond donors (Lipinski definition) is 3. The van der Waals surface area contributed by atoms with Crippen LogP contribution < -0.4 is 11.1 Å². The van der Waals surface area contributed by atoms with E-state index in [2.05, 4.69) is 15.3 Å². The van der Waals surface area contributed by atoms with Crippen LogP contribution in [0.5, 0.6) is 0 Å². The monoisotopic (exact) mass is 422 g/mol. The van der Waals surface area contributed by atoms with Crippen molar-refractivity contribution >= 4 is 32.5 Å². The van der Waals surface area contributed by atoms with E-state index < -0.39 is 17.5 Å². The third kappa shape index (κ3) is 4.30. The number of aliphatic hydroxyl groups is 1. The molecule has 0 atom stereocenters. The molecule has 154 valence electrons. The highest BCUT2D eigenvalue weighted by atomic mass is 32.1. The number of hydrogen-bond acceptors (Lipinski definition) is 6. The highest BCUT2D eigenvalue weighted by Gasteiger charge is 2.34. The quantitative estimate of drug-likeness (QED) is 0.547. The molecule has 0 spiro atoms. The molecule has 1 fully saturated rings. The number of rotatable bonds is 4. The Morgan fingerprint density at radius 3 is 2.59 bits per heavy atom. The van der Waals surface area contributed by atoms with Crippen molar-refractivity contribution in [1.82, 2.24) is 9.97 Å². The molecule has 4 N–H and O–H groups in total. The van der Waals surface area contributed by atoms with Crippen LogP contribution in [0.3, 0.4) is 0 Å². The summed E-state index contributed by atoms with van der Waals surface area (Å²) >= 11 is 1.35. The molecule has 9 heteroatoms. The standard InChI is InChI=1S/C20H21F3N4OS/c21-20(22,23)16-7-5-13(12-4-6-15-14(10-12)26-18(24)29-15)17(27-16)25-11-19(28)8-2-1-3-9-19/h4-7,10,28H,1-3,8-9,11H2,(H2,24,26)(H,25,27). The maximum atomic E-state index is 13.2. The normalized spacial score (nSPS) is 16.8. The van der Waals surface area contributed by atoms with Crippen molar-refractivity contribution in [3.8, 4) is 11.1 Å². The van der Waals surface area contributed by atoms with Crippen LogP contribution in [-0.2, 0) is 6.18 Å². The number of benzene rings is 1. The molecule has 0 aliphatic heterocycles. The first-order valence-corrected chi connectivity index (χ1v) is 10.3. The zero-order chi connectivity index (χ0) is 20.6. The number of nitrogens with one attached hydrogen (secondary N) is 1. The number of fused-ring (bicyclic) bond motifs is 1. The Balaban J connectivity index is 1.71. The summed E-state index contributed by atoms with van der Waals surface area (Å²) in [6.45, 7) is 0.153. The molecule has 0 radical (unpaired) electrons. The van der Waals surface area contributed by atoms with Crippen molar-refractivity contribution in [1.29, 1.82) is 0 Å². The van der Waals surface area contributed by atoms with Gasteiger partial charge in [-0.1, -0.05) is 36.7 Å². The molecular weight excluding hydrogens is 401 g/mol. The summed E-state index contributed by atoms with van der Waals surface area (Å²) in [7, 11) is 0. The first kappa shape index (κ1) is 19.9. The van der Waals surface area contributed by atoms with Gasteiger partial charge in [0, 0.05) is 12.1 Å². The fourth-order valence-electron chi connectivity index (χ4n) is 3.73. The Kier molecular flexibility index (Phi) is 5.12. The highest BCUT2D eigenvalue weighted by molar-refractivity contribution is 7.22. The van der Waals surface area contributed by atoms with Crippen molar-refractivity contribution in [3.05, 3.63) is 36.0 Å². The van der Waals surface area contributed by atoms with Crippen LogP contribution in [0.1, 0.15) is 37.8 Å². The number of nitrogen functional groups attached to an aromatic ring is 1. The van der Waals surface area contributed by atoms with Gasteiger partial charge in [-0.05, 0) is 42.7 Å². The van der Waals surface area contributed by atoms with E-state index in [1.54, 1.807) is 6.07 Å². The van der Waals surface area contributed by atoms with E-state index in [-0.39, 0.29) is 12.4 Å². The van der Waals surface area contributed by atoms with E-state index in [9.17, 15) is 18.3 Å². The van der Waals surface area contributed by atoms with Crippen molar-refractivity contribution in [2.75, 3.05) is 17.6 Å². The van der Waals surface area contributed by atoms with Gasteiger partial charge in [-0.3, -0.25) is 0 Å². The lowest BCUT2D eigenvalue weighted by Gasteiger charge is -2.32. The second-order valence-corrected chi connectivity index (χ2v) is 8.53. The fourth-order valence-corrected chi connectivity index (χ4v) is 4.45. The Bertz CT molecular complexity index is 1030. The van der Waals surface area contributed by atoms with E-state index in [4.69, 9.17) is 5.73 Å². The van der Waals surface area contributed by atoms with Crippen molar-refractivity contribution in [2.45, 2.75) is 43.9 Å². The highest BCUT2D eigenvalue weighted by Crippen LogP contribution is 2.36. The SMILES string of the molecule is Nc1nc2cc(-c3ccc(C(F)(F)F)nc3NCC3(O)CCCCC3)ccc2s1. The van der Waals surface area contributed by atoms with Crippen LogP contribution >= 0.6 is 11.3 Å². The van der Waals surface area contributed by atoms with Crippen LogP contribution in [0, 0.1) is 0 Å². The Morgan fingerprint density at radius 1 is 1.10 bits per heavy atom. The topological polar surface area (TPSA) is 84.1 Å². The molecule has 0 bridgehead atoms. The van der Waals surface area contributed by atoms with E-state index in [1.807, 2.05) is 12.1 Å². The van der Waals surface area contributed by atoms with E-state index in [0.29, 0.717) is 34.6 Å². The van der Waals surface area contributed by atoms with Gasteiger partial charge in [0.2, 0.25) is 0 Å². The summed E-state index contributed by atoms with van der Waals surface area (Å²) in [5.74, 6) is 0.0985. The van der Waals surface area contributed by atoms with Gasteiger partial charge in [0.25, 0.3) is 0 Å². The number of nitrogens with zero attached hydrogens (tertiary/aromatic N) is 2.